The van der Waals surface area contributed by atoms with E-state index in [-0.39, 0.29) is 18.5 Å². The molecule has 1 N–H and O–H groups in total. The van der Waals surface area contributed by atoms with Gasteiger partial charge in [0.05, 0.1) is 19.8 Å². The average Bonchev–Trinajstić information content (AvgIpc) is 2.81. The first-order chi connectivity index (χ1) is 15.1. The van der Waals surface area contributed by atoms with Gasteiger partial charge >= 0.3 is 5.97 Å². The third-order valence-corrected chi connectivity index (χ3v) is 5.40. The number of piperidine rings is 1. The Morgan fingerprint density at radius 3 is 2.52 bits per heavy atom. The first-order valence-corrected chi connectivity index (χ1v) is 10.5. The number of benzene rings is 2. The second kappa shape index (κ2) is 11.4. The Morgan fingerprint density at radius 1 is 1.06 bits per heavy atom. The van der Waals surface area contributed by atoms with Crippen LogP contribution >= 0.6 is 0 Å². The molecule has 31 heavy (non-hydrogen) atoms. The highest BCUT2D eigenvalue weighted by Crippen LogP contribution is 2.25. The molecule has 1 atom stereocenters. The zero-order chi connectivity index (χ0) is 22.1. The number of carbonyl (C=O) groups is 2. The van der Waals surface area contributed by atoms with E-state index in [1.54, 1.807) is 31.4 Å². The first kappa shape index (κ1) is 22.6. The molecule has 1 saturated heterocycles. The van der Waals surface area contributed by atoms with E-state index in [2.05, 4.69) is 10.2 Å². The summed E-state index contributed by atoms with van der Waals surface area (Å²) in [7, 11) is 2.96. The largest absolute Gasteiger partial charge is 0.493 e. The molecular formula is C24H30N2O5. The lowest BCUT2D eigenvalue weighted by atomic mass is 9.97. The molecule has 0 aliphatic carbocycles. The summed E-state index contributed by atoms with van der Waals surface area (Å²) >= 11 is 0. The lowest BCUT2D eigenvalue weighted by Gasteiger charge is -2.32. The molecule has 166 valence electrons. The first-order valence-electron chi connectivity index (χ1n) is 10.5. The molecule has 1 heterocycles. The lowest BCUT2D eigenvalue weighted by molar-refractivity contribution is -0.123. The Balaban J connectivity index is 1.42. The molecule has 0 spiro atoms. The van der Waals surface area contributed by atoms with Gasteiger partial charge in [-0.3, -0.25) is 9.69 Å². The number of esters is 1. The van der Waals surface area contributed by atoms with Crippen LogP contribution in [0, 0.1) is 5.92 Å². The highest BCUT2D eigenvalue weighted by atomic mass is 16.5. The molecule has 1 fully saturated rings. The van der Waals surface area contributed by atoms with Crippen molar-refractivity contribution in [3.05, 3.63) is 59.7 Å². The van der Waals surface area contributed by atoms with Crippen LogP contribution in [0.5, 0.6) is 11.5 Å². The van der Waals surface area contributed by atoms with Crippen molar-refractivity contribution in [2.75, 3.05) is 40.5 Å². The Morgan fingerprint density at radius 2 is 1.81 bits per heavy atom. The van der Waals surface area contributed by atoms with Crippen LogP contribution in [0.1, 0.15) is 28.8 Å². The minimum absolute atomic E-state index is 0.0383. The summed E-state index contributed by atoms with van der Waals surface area (Å²) in [5.74, 6) is 1.11. The van der Waals surface area contributed by atoms with Gasteiger partial charge in [0.1, 0.15) is 0 Å². The third-order valence-electron chi connectivity index (χ3n) is 5.40. The predicted molar refractivity (Wildman–Crippen MR) is 117 cm³/mol. The zero-order valence-corrected chi connectivity index (χ0v) is 18.1. The lowest BCUT2D eigenvalue weighted by Crippen LogP contribution is -2.41. The number of rotatable bonds is 9. The van der Waals surface area contributed by atoms with Gasteiger partial charge in [-0.05, 0) is 55.1 Å². The van der Waals surface area contributed by atoms with E-state index < -0.39 is 0 Å². The molecule has 7 nitrogen and oxygen atoms in total. The van der Waals surface area contributed by atoms with Crippen molar-refractivity contribution in [2.45, 2.75) is 19.4 Å². The fourth-order valence-corrected chi connectivity index (χ4v) is 3.77. The molecule has 1 aliphatic rings. The van der Waals surface area contributed by atoms with Crippen molar-refractivity contribution in [1.82, 2.24) is 10.2 Å². The normalized spacial score (nSPS) is 16.4. The SMILES string of the molecule is COC(=O)c1ccc(CN2CCC[C@@H](CNC(=O)COc3ccccc3OC)C2)cc1. The average molecular weight is 427 g/mol. The van der Waals surface area contributed by atoms with E-state index in [1.807, 2.05) is 24.3 Å². The molecule has 3 rings (SSSR count). The van der Waals surface area contributed by atoms with Crippen LogP contribution in [0.25, 0.3) is 0 Å². The number of nitrogens with one attached hydrogen (secondary N) is 1. The molecule has 0 unspecified atom stereocenters. The van der Waals surface area contributed by atoms with Crippen LogP contribution in [0.3, 0.4) is 0 Å². The quantitative estimate of drug-likeness (QED) is 0.622. The van der Waals surface area contributed by atoms with Crippen molar-refractivity contribution >= 4 is 11.9 Å². The van der Waals surface area contributed by atoms with Gasteiger partial charge < -0.3 is 19.5 Å². The molecule has 2 aromatic carbocycles. The molecule has 0 bridgehead atoms. The summed E-state index contributed by atoms with van der Waals surface area (Å²) in [6.07, 6.45) is 2.18. The second-order valence-electron chi connectivity index (χ2n) is 7.68. The smallest absolute Gasteiger partial charge is 0.337 e. The summed E-state index contributed by atoms with van der Waals surface area (Å²) in [5, 5.41) is 2.99. The molecule has 2 aromatic rings. The number of hydrogen-bond acceptors (Lipinski definition) is 6. The number of para-hydroxylation sites is 2. The number of likely N-dealkylation sites (tertiary alicyclic amines) is 1. The molecular weight excluding hydrogens is 396 g/mol. The number of amides is 1. The molecule has 7 heteroatoms. The van der Waals surface area contributed by atoms with Gasteiger partial charge in [0.2, 0.25) is 0 Å². The topological polar surface area (TPSA) is 77.1 Å². The highest BCUT2D eigenvalue weighted by Gasteiger charge is 2.21. The Kier molecular flexibility index (Phi) is 8.29. The molecule has 1 aliphatic heterocycles. The fraction of sp³-hybridized carbons (Fsp3) is 0.417. The maximum Gasteiger partial charge on any atom is 0.337 e. The third kappa shape index (κ3) is 6.72. The van der Waals surface area contributed by atoms with Gasteiger partial charge in [-0.15, -0.1) is 0 Å². The minimum atomic E-state index is -0.324. The summed E-state index contributed by atoms with van der Waals surface area (Å²) in [5.41, 5.74) is 1.71. The van der Waals surface area contributed by atoms with E-state index in [1.165, 1.54) is 7.11 Å². The Hall–Kier alpha value is -3.06. The van der Waals surface area contributed by atoms with Crippen molar-refractivity contribution in [2.24, 2.45) is 5.92 Å². The van der Waals surface area contributed by atoms with E-state index >= 15 is 0 Å². The number of methoxy groups -OCH3 is 2. The van der Waals surface area contributed by atoms with E-state index in [4.69, 9.17) is 14.2 Å². The fourth-order valence-electron chi connectivity index (χ4n) is 3.77. The van der Waals surface area contributed by atoms with Gasteiger partial charge in [-0.1, -0.05) is 24.3 Å². The highest BCUT2D eigenvalue weighted by molar-refractivity contribution is 5.89. The number of nitrogens with zero attached hydrogens (tertiary/aromatic N) is 1. The Labute approximate surface area is 183 Å². The molecule has 0 saturated carbocycles. The predicted octanol–water partition coefficient (Wildman–Crippen LogP) is 2.89. The van der Waals surface area contributed by atoms with Gasteiger partial charge in [-0.25, -0.2) is 4.79 Å². The maximum absolute atomic E-state index is 12.2. The summed E-state index contributed by atoms with van der Waals surface area (Å²) in [6, 6.07) is 14.8. The summed E-state index contributed by atoms with van der Waals surface area (Å²) < 4.78 is 15.6. The Bertz CT molecular complexity index is 869. The van der Waals surface area contributed by atoms with Gasteiger partial charge in [0, 0.05) is 19.6 Å². The van der Waals surface area contributed by atoms with Crippen molar-refractivity contribution in [3.8, 4) is 11.5 Å². The van der Waals surface area contributed by atoms with Gasteiger partial charge in [0.15, 0.2) is 18.1 Å². The number of hydrogen-bond donors (Lipinski definition) is 1. The van der Waals surface area contributed by atoms with E-state index in [0.717, 1.165) is 38.0 Å². The van der Waals surface area contributed by atoms with Crippen LogP contribution < -0.4 is 14.8 Å². The summed E-state index contributed by atoms with van der Waals surface area (Å²) in [6.45, 7) is 3.37. The van der Waals surface area contributed by atoms with E-state index in [0.29, 0.717) is 29.5 Å². The van der Waals surface area contributed by atoms with Crippen LogP contribution in [0.15, 0.2) is 48.5 Å². The van der Waals surface area contributed by atoms with Crippen LogP contribution in [-0.4, -0.2) is 57.2 Å². The van der Waals surface area contributed by atoms with Crippen molar-refractivity contribution in [1.29, 1.82) is 0 Å². The maximum atomic E-state index is 12.2. The summed E-state index contributed by atoms with van der Waals surface area (Å²) in [4.78, 5) is 26.2. The standard InChI is InChI=1S/C24H30N2O5/c1-29-21-7-3-4-8-22(21)31-17-23(27)25-14-19-6-5-13-26(16-19)15-18-9-11-20(12-10-18)24(28)30-2/h3-4,7-12,19H,5-6,13-17H2,1-2H3,(H,25,27)/t19-/m0/s1. The number of ether oxygens (including phenoxy) is 3. The van der Waals surface area contributed by atoms with Crippen LogP contribution in [0.4, 0.5) is 0 Å². The monoisotopic (exact) mass is 426 g/mol. The minimum Gasteiger partial charge on any atom is -0.493 e. The van der Waals surface area contributed by atoms with Crippen LogP contribution in [0.2, 0.25) is 0 Å². The van der Waals surface area contributed by atoms with Gasteiger partial charge in [-0.2, -0.15) is 0 Å². The van der Waals surface area contributed by atoms with Gasteiger partial charge in [0.25, 0.3) is 5.91 Å². The van der Waals surface area contributed by atoms with Crippen molar-refractivity contribution < 1.29 is 23.8 Å². The van der Waals surface area contributed by atoms with E-state index in [9.17, 15) is 9.59 Å². The molecule has 1 amide bonds. The molecule has 0 aromatic heterocycles. The second-order valence-corrected chi connectivity index (χ2v) is 7.68. The molecule has 0 radical (unpaired) electrons. The zero-order valence-electron chi connectivity index (χ0n) is 18.1. The van der Waals surface area contributed by atoms with Crippen LogP contribution in [-0.2, 0) is 16.1 Å². The number of carbonyl (C=O) groups excluding carboxylic acids is 2. The van der Waals surface area contributed by atoms with Crippen molar-refractivity contribution in [3.63, 3.8) is 0 Å².